The van der Waals surface area contributed by atoms with Crippen LogP contribution in [0.2, 0.25) is 0 Å². The van der Waals surface area contributed by atoms with Crippen LogP contribution in [0.3, 0.4) is 0 Å². The van der Waals surface area contributed by atoms with E-state index in [0.717, 1.165) is 25.3 Å². The highest BCUT2D eigenvalue weighted by molar-refractivity contribution is 5.92. The van der Waals surface area contributed by atoms with Crippen LogP contribution < -0.4 is 11.1 Å². The lowest BCUT2D eigenvalue weighted by Gasteiger charge is -2.45. The molecule has 1 aromatic rings. The van der Waals surface area contributed by atoms with Gasteiger partial charge in [-0.3, -0.25) is 14.6 Å². The molecule has 1 aliphatic heterocycles. The summed E-state index contributed by atoms with van der Waals surface area (Å²) >= 11 is 0. The Bertz CT molecular complexity index is 469. The first-order chi connectivity index (χ1) is 9.37. The number of anilines is 2. The Morgan fingerprint density at radius 3 is 2.55 bits per heavy atom. The second kappa shape index (κ2) is 5.81. The van der Waals surface area contributed by atoms with E-state index in [1.165, 1.54) is 0 Å². The van der Waals surface area contributed by atoms with E-state index >= 15 is 0 Å². The third-order valence-corrected chi connectivity index (χ3v) is 3.96. The van der Waals surface area contributed by atoms with Gasteiger partial charge in [0.05, 0.1) is 6.54 Å². The number of rotatable bonds is 3. The molecule has 1 fully saturated rings. The SMILES string of the molecule is CN1CCN(CC(=O)Nc2ccc(N)cc2)CC1(C)C. The molecular weight excluding hydrogens is 252 g/mol. The van der Waals surface area contributed by atoms with Crippen molar-refractivity contribution < 1.29 is 4.79 Å². The molecule has 3 N–H and O–H groups in total. The molecule has 5 nitrogen and oxygen atoms in total. The van der Waals surface area contributed by atoms with Crippen molar-refractivity contribution in [3.8, 4) is 0 Å². The molecule has 0 bridgehead atoms. The predicted molar refractivity (Wildman–Crippen MR) is 82.6 cm³/mol. The molecule has 1 aromatic carbocycles. The minimum absolute atomic E-state index is 0.0233. The van der Waals surface area contributed by atoms with Crippen molar-refractivity contribution in [3.63, 3.8) is 0 Å². The molecule has 0 radical (unpaired) electrons. The van der Waals surface area contributed by atoms with Gasteiger partial charge in [-0.05, 0) is 45.2 Å². The van der Waals surface area contributed by atoms with Crippen LogP contribution in [0.25, 0.3) is 0 Å². The Labute approximate surface area is 120 Å². The topological polar surface area (TPSA) is 61.6 Å². The van der Waals surface area contributed by atoms with Gasteiger partial charge < -0.3 is 11.1 Å². The van der Waals surface area contributed by atoms with E-state index < -0.39 is 0 Å². The van der Waals surface area contributed by atoms with E-state index in [2.05, 4.69) is 36.0 Å². The number of piperazine rings is 1. The molecule has 5 heteroatoms. The molecule has 0 unspecified atom stereocenters. The van der Waals surface area contributed by atoms with Crippen LogP contribution in [0.4, 0.5) is 11.4 Å². The summed E-state index contributed by atoms with van der Waals surface area (Å²) in [6.45, 7) is 7.66. The van der Waals surface area contributed by atoms with E-state index in [1.54, 1.807) is 12.1 Å². The number of nitrogen functional groups attached to an aromatic ring is 1. The molecule has 1 heterocycles. The van der Waals surface area contributed by atoms with Crippen molar-refractivity contribution in [2.75, 3.05) is 44.3 Å². The van der Waals surface area contributed by atoms with E-state index in [4.69, 9.17) is 5.73 Å². The number of carbonyl (C=O) groups excluding carboxylic acids is 1. The molecule has 0 aliphatic carbocycles. The minimum Gasteiger partial charge on any atom is -0.399 e. The first-order valence-electron chi connectivity index (χ1n) is 6.96. The van der Waals surface area contributed by atoms with Crippen LogP contribution >= 0.6 is 0 Å². The maximum absolute atomic E-state index is 12.1. The lowest BCUT2D eigenvalue weighted by molar-refractivity contribution is -0.118. The number of nitrogens with one attached hydrogen (secondary N) is 1. The predicted octanol–water partition coefficient (Wildman–Crippen LogP) is 1.23. The van der Waals surface area contributed by atoms with E-state index in [9.17, 15) is 4.79 Å². The third-order valence-electron chi connectivity index (χ3n) is 3.96. The van der Waals surface area contributed by atoms with Crippen molar-refractivity contribution in [2.24, 2.45) is 0 Å². The molecule has 0 atom stereocenters. The molecule has 2 rings (SSSR count). The summed E-state index contributed by atoms with van der Waals surface area (Å²) in [6, 6.07) is 7.21. The van der Waals surface area contributed by atoms with Gasteiger partial charge in [0, 0.05) is 36.5 Å². The lowest BCUT2D eigenvalue weighted by Crippen LogP contribution is -2.58. The summed E-state index contributed by atoms with van der Waals surface area (Å²) in [5.74, 6) is 0.0233. The van der Waals surface area contributed by atoms with Crippen molar-refractivity contribution in [2.45, 2.75) is 19.4 Å². The second-order valence-corrected chi connectivity index (χ2v) is 6.11. The number of hydrogen-bond donors (Lipinski definition) is 2. The number of benzene rings is 1. The van der Waals surface area contributed by atoms with Crippen molar-refractivity contribution in [1.29, 1.82) is 0 Å². The highest BCUT2D eigenvalue weighted by Crippen LogP contribution is 2.18. The zero-order valence-electron chi connectivity index (χ0n) is 12.5. The van der Waals surface area contributed by atoms with Crippen LogP contribution in [0, 0.1) is 0 Å². The molecule has 110 valence electrons. The molecule has 0 aromatic heterocycles. The highest BCUT2D eigenvalue weighted by atomic mass is 16.2. The summed E-state index contributed by atoms with van der Waals surface area (Å²) in [4.78, 5) is 16.6. The second-order valence-electron chi connectivity index (χ2n) is 6.11. The first kappa shape index (κ1) is 14.8. The highest BCUT2D eigenvalue weighted by Gasteiger charge is 2.31. The van der Waals surface area contributed by atoms with Gasteiger partial charge in [0.25, 0.3) is 0 Å². The minimum atomic E-state index is 0.0233. The quantitative estimate of drug-likeness (QED) is 0.815. The number of likely N-dealkylation sites (N-methyl/N-ethyl adjacent to an activating group) is 1. The molecule has 0 spiro atoms. The van der Waals surface area contributed by atoms with Crippen LogP contribution in [-0.4, -0.2) is 54.5 Å². The maximum atomic E-state index is 12.1. The fourth-order valence-electron chi connectivity index (χ4n) is 2.45. The van der Waals surface area contributed by atoms with Crippen molar-refractivity contribution in [3.05, 3.63) is 24.3 Å². The molecular formula is C15H24N4O. The summed E-state index contributed by atoms with van der Waals surface area (Å²) in [7, 11) is 2.13. The first-order valence-corrected chi connectivity index (χ1v) is 6.96. The van der Waals surface area contributed by atoms with Gasteiger partial charge >= 0.3 is 0 Å². The largest absolute Gasteiger partial charge is 0.399 e. The van der Waals surface area contributed by atoms with Crippen LogP contribution in [0.5, 0.6) is 0 Å². The number of hydrogen-bond acceptors (Lipinski definition) is 4. The number of amides is 1. The van der Waals surface area contributed by atoms with Gasteiger partial charge in [0.2, 0.25) is 5.91 Å². The normalized spacial score (nSPS) is 19.8. The van der Waals surface area contributed by atoms with Crippen LogP contribution in [-0.2, 0) is 4.79 Å². The zero-order valence-corrected chi connectivity index (χ0v) is 12.5. The summed E-state index contributed by atoms with van der Waals surface area (Å²) in [5.41, 5.74) is 7.22. The lowest BCUT2D eigenvalue weighted by atomic mass is 10.00. The van der Waals surface area contributed by atoms with E-state index in [-0.39, 0.29) is 11.4 Å². The summed E-state index contributed by atoms with van der Waals surface area (Å²) < 4.78 is 0. The summed E-state index contributed by atoms with van der Waals surface area (Å²) in [5, 5.41) is 2.91. The molecule has 1 aliphatic rings. The fourth-order valence-corrected chi connectivity index (χ4v) is 2.45. The van der Waals surface area contributed by atoms with Crippen molar-refractivity contribution >= 4 is 17.3 Å². The Morgan fingerprint density at radius 2 is 1.95 bits per heavy atom. The van der Waals surface area contributed by atoms with Gasteiger partial charge in [-0.25, -0.2) is 0 Å². The Kier molecular flexibility index (Phi) is 4.30. The van der Waals surface area contributed by atoms with E-state index in [0.29, 0.717) is 12.2 Å². The fraction of sp³-hybridized carbons (Fsp3) is 0.533. The standard InChI is InChI=1S/C15H24N4O/c1-15(2)11-19(9-8-18(15)3)10-14(20)17-13-6-4-12(16)5-7-13/h4-7H,8-11,16H2,1-3H3,(H,17,20). The smallest absolute Gasteiger partial charge is 0.238 e. The van der Waals surface area contributed by atoms with Gasteiger partial charge in [-0.2, -0.15) is 0 Å². The van der Waals surface area contributed by atoms with Gasteiger partial charge in [0.15, 0.2) is 0 Å². The Hall–Kier alpha value is -1.59. The molecule has 0 saturated carbocycles. The van der Waals surface area contributed by atoms with Gasteiger partial charge in [-0.1, -0.05) is 0 Å². The number of nitrogens with two attached hydrogens (primary N) is 1. The van der Waals surface area contributed by atoms with E-state index in [1.807, 2.05) is 12.1 Å². The van der Waals surface area contributed by atoms with Gasteiger partial charge in [0.1, 0.15) is 0 Å². The average molecular weight is 276 g/mol. The van der Waals surface area contributed by atoms with Gasteiger partial charge in [-0.15, -0.1) is 0 Å². The Balaban J connectivity index is 1.87. The van der Waals surface area contributed by atoms with Crippen LogP contribution in [0.1, 0.15) is 13.8 Å². The van der Waals surface area contributed by atoms with Crippen LogP contribution in [0.15, 0.2) is 24.3 Å². The molecule has 20 heavy (non-hydrogen) atoms. The summed E-state index contributed by atoms with van der Waals surface area (Å²) in [6.07, 6.45) is 0. The average Bonchev–Trinajstić information content (AvgIpc) is 2.36. The monoisotopic (exact) mass is 276 g/mol. The Morgan fingerprint density at radius 1 is 1.30 bits per heavy atom. The molecule has 1 saturated heterocycles. The zero-order chi connectivity index (χ0) is 14.8. The molecule has 1 amide bonds. The third kappa shape index (κ3) is 3.71. The van der Waals surface area contributed by atoms with Crippen molar-refractivity contribution in [1.82, 2.24) is 9.80 Å². The number of carbonyl (C=O) groups is 1. The maximum Gasteiger partial charge on any atom is 0.238 e. The number of nitrogens with zero attached hydrogens (tertiary/aromatic N) is 2.